The minimum atomic E-state index is -3.42. The number of quaternary nitrogens is 1. The lowest BCUT2D eigenvalue weighted by Gasteiger charge is -2.30. The molecule has 0 spiro atoms. The zero-order valence-electron chi connectivity index (χ0n) is 15.2. The van der Waals surface area contributed by atoms with Crippen molar-refractivity contribution in [3.63, 3.8) is 0 Å². The second-order valence-corrected chi connectivity index (χ2v) is 11.2. The lowest BCUT2D eigenvalue weighted by atomic mass is 10.1. The zero-order valence-corrected chi connectivity index (χ0v) is 17.7. The van der Waals surface area contributed by atoms with Gasteiger partial charge in [0.1, 0.15) is 15.3 Å². The van der Waals surface area contributed by atoms with Gasteiger partial charge in [0, 0.05) is 4.88 Å². The number of carbonyl (C=O) groups excluding carboxylic acids is 1. The van der Waals surface area contributed by atoms with Crippen molar-refractivity contribution in [1.29, 1.82) is 5.26 Å². The molecule has 1 aliphatic heterocycles. The number of nitrogens with zero attached hydrogens (tertiary/aromatic N) is 2. The maximum atomic E-state index is 12.6. The van der Waals surface area contributed by atoms with Crippen molar-refractivity contribution in [2.75, 3.05) is 38.0 Å². The number of carbonyl (C=O) groups is 1. The highest BCUT2D eigenvalue weighted by molar-refractivity contribution is 7.91. The van der Waals surface area contributed by atoms with Crippen LogP contribution in [-0.2, 0) is 27.7 Å². The molecule has 1 saturated heterocycles. The van der Waals surface area contributed by atoms with E-state index >= 15 is 0 Å². The number of nitrogens with one attached hydrogen (secondary N) is 2. The van der Waals surface area contributed by atoms with E-state index in [-0.39, 0.29) is 12.5 Å². The number of hydrogen-bond acceptors (Lipinski definition) is 6. The number of rotatable bonds is 5. The minimum absolute atomic E-state index is 0.124. The topological polar surface area (TPSA) is 94.7 Å². The maximum Gasteiger partial charge on any atom is 0.280 e. The second-order valence-electron chi connectivity index (χ2n) is 6.98. The molecule has 0 radical (unpaired) electrons. The zero-order chi connectivity index (χ0) is 19.7. The molecule has 4 rings (SSSR count). The highest BCUT2D eigenvalue weighted by atomic mass is 32.2. The van der Waals surface area contributed by atoms with E-state index in [1.807, 2.05) is 0 Å². The smallest absolute Gasteiger partial charge is 0.280 e. The van der Waals surface area contributed by atoms with Gasteiger partial charge in [-0.3, -0.25) is 4.79 Å². The minimum Gasteiger partial charge on any atom is -0.325 e. The third-order valence-electron chi connectivity index (χ3n) is 5.22. The quantitative estimate of drug-likeness (QED) is 0.720. The van der Waals surface area contributed by atoms with Crippen LogP contribution in [0.4, 0.5) is 5.00 Å². The maximum absolute atomic E-state index is 12.6. The van der Waals surface area contributed by atoms with Crippen LogP contribution in [-0.4, -0.2) is 51.4 Å². The summed E-state index contributed by atoms with van der Waals surface area (Å²) >= 11 is 2.74. The molecule has 2 aromatic heterocycles. The van der Waals surface area contributed by atoms with Crippen molar-refractivity contribution in [1.82, 2.24) is 4.31 Å². The number of piperazine rings is 1. The Morgan fingerprint density at radius 2 is 2.11 bits per heavy atom. The Hall–Kier alpha value is -1.77. The van der Waals surface area contributed by atoms with E-state index in [0.29, 0.717) is 41.0 Å². The van der Waals surface area contributed by atoms with Crippen LogP contribution in [0.5, 0.6) is 0 Å². The van der Waals surface area contributed by atoms with Crippen LogP contribution < -0.4 is 10.2 Å². The molecule has 1 aliphatic carbocycles. The molecular weight excluding hydrogens is 416 g/mol. The molecule has 1 fully saturated rings. The number of hydrogen-bond donors (Lipinski definition) is 2. The first-order valence-electron chi connectivity index (χ1n) is 9.20. The fraction of sp³-hybridized carbons (Fsp3) is 0.444. The standard InChI is InChI=1S/C18H20N4O3S3/c19-11-14-13-3-1-4-15(13)27-18(14)20-16(23)12-21-6-8-22(9-7-21)28(24,25)17-5-2-10-26-17/h2,5,10H,1,3-4,6-9,12H2,(H,20,23)/p+1. The lowest BCUT2D eigenvalue weighted by molar-refractivity contribution is -0.895. The Morgan fingerprint density at radius 1 is 1.32 bits per heavy atom. The first kappa shape index (κ1) is 19.5. The molecule has 3 heterocycles. The molecule has 0 saturated carbocycles. The Balaban J connectivity index is 1.33. The predicted molar refractivity (Wildman–Crippen MR) is 108 cm³/mol. The Kier molecular flexibility index (Phi) is 5.53. The summed E-state index contributed by atoms with van der Waals surface area (Å²) in [5.41, 5.74) is 1.72. The SMILES string of the molecule is N#Cc1c(NC(=O)C[NH+]2CCN(S(=O)(=O)c3cccs3)CC2)sc2c1CCC2. The van der Waals surface area contributed by atoms with E-state index in [1.54, 1.807) is 17.5 Å². The summed E-state index contributed by atoms with van der Waals surface area (Å²) in [6.45, 7) is 2.26. The van der Waals surface area contributed by atoms with Crippen LogP contribution in [0.2, 0.25) is 0 Å². The molecular formula is C18H21N4O3S3+. The van der Waals surface area contributed by atoms with Gasteiger partial charge >= 0.3 is 0 Å². The summed E-state index contributed by atoms with van der Waals surface area (Å²) < 4.78 is 27.0. The summed E-state index contributed by atoms with van der Waals surface area (Å²) in [6, 6.07) is 5.60. The van der Waals surface area contributed by atoms with Gasteiger partial charge in [-0.25, -0.2) is 8.42 Å². The third-order valence-corrected chi connectivity index (χ3v) is 9.69. The molecule has 7 nitrogen and oxygen atoms in total. The van der Waals surface area contributed by atoms with Crippen LogP contribution in [0.25, 0.3) is 0 Å². The average Bonchev–Trinajstić information content (AvgIpc) is 3.39. The van der Waals surface area contributed by atoms with Crippen molar-refractivity contribution in [3.05, 3.63) is 33.5 Å². The van der Waals surface area contributed by atoms with E-state index in [4.69, 9.17) is 0 Å². The number of thiophene rings is 2. The summed E-state index contributed by atoms with van der Waals surface area (Å²) in [4.78, 5) is 14.7. The highest BCUT2D eigenvalue weighted by Crippen LogP contribution is 2.38. The van der Waals surface area contributed by atoms with Gasteiger partial charge < -0.3 is 10.2 Å². The first-order chi connectivity index (χ1) is 13.5. The van der Waals surface area contributed by atoms with E-state index in [0.717, 1.165) is 29.7 Å². The van der Waals surface area contributed by atoms with Gasteiger partial charge in [0.05, 0.1) is 31.7 Å². The fourth-order valence-electron chi connectivity index (χ4n) is 3.77. The van der Waals surface area contributed by atoms with Gasteiger partial charge in [-0.05, 0) is 36.3 Å². The van der Waals surface area contributed by atoms with Gasteiger partial charge in [-0.2, -0.15) is 9.57 Å². The highest BCUT2D eigenvalue weighted by Gasteiger charge is 2.32. The molecule has 10 heteroatoms. The van der Waals surface area contributed by atoms with Crippen LogP contribution in [0.3, 0.4) is 0 Å². The number of sulfonamides is 1. The fourth-order valence-corrected chi connectivity index (χ4v) is 7.61. The molecule has 1 amide bonds. The van der Waals surface area contributed by atoms with Gasteiger partial charge in [-0.1, -0.05) is 6.07 Å². The van der Waals surface area contributed by atoms with Crippen molar-refractivity contribution in [2.45, 2.75) is 23.5 Å². The van der Waals surface area contributed by atoms with Gasteiger partial charge in [0.25, 0.3) is 15.9 Å². The Bertz CT molecular complexity index is 1010. The Labute approximate surface area is 172 Å². The predicted octanol–water partition coefficient (Wildman–Crippen LogP) is 0.698. The van der Waals surface area contributed by atoms with E-state index in [1.165, 1.54) is 31.9 Å². The van der Waals surface area contributed by atoms with Crippen LogP contribution in [0.1, 0.15) is 22.4 Å². The summed E-state index contributed by atoms with van der Waals surface area (Å²) in [6.07, 6.45) is 2.97. The number of anilines is 1. The monoisotopic (exact) mass is 437 g/mol. The number of fused-ring (bicyclic) bond motifs is 1. The van der Waals surface area contributed by atoms with E-state index in [2.05, 4.69) is 11.4 Å². The van der Waals surface area contributed by atoms with Crippen molar-refractivity contribution in [2.24, 2.45) is 0 Å². The van der Waals surface area contributed by atoms with Crippen LogP contribution >= 0.6 is 22.7 Å². The third kappa shape index (κ3) is 3.73. The molecule has 0 bridgehead atoms. The lowest BCUT2D eigenvalue weighted by Crippen LogP contribution is -3.15. The van der Waals surface area contributed by atoms with Crippen LogP contribution in [0, 0.1) is 11.3 Å². The summed E-state index contributed by atoms with van der Waals surface area (Å²) in [5.74, 6) is -0.124. The first-order valence-corrected chi connectivity index (χ1v) is 12.3. The molecule has 2 N–H and O–H groups in total. The normalized spacial score (nSPS) is 18.0. The number of amides is 1. The second kappa shape index (κ2) is 7.93. The van der Waals surface area contributed by atoms with Gasteiger partial charge in [0.2, 0.25) is 0 Å². The van der Waals surface area contributed by atoms with Crippen molar-refractivity contribution < 1.29 is 18.1 Å². The average molecular weight is 438 g/mol. The van der Waals surface area contributed by atoms with Crippen molar-refractivity contribution in [3.8, 4) is 6.07 Å². The van der Waals surface area contributed by atoms with E-state index in [9.17, 15) is 18.5 Å². The number of nitriles is 1. The molecule has 0 unspecified atom stereocenters. The molecule has 2 aromatic rings. The molecule has 28 heavy (non-hydrogen) atoms. The van der Waals surface area contributed by atoms with E-state index < -0.39 is 10.0 Å². The van der Waals surface area contributed by atoms with Crippen molar-refractivity contribution >= 4 is 43.6 Å². The van der Waals surface area contributed by atoms with Gasteiger partial charge in [0.15, 0.2) is 6.54 Å². The van der Waals surface area contributed by atoms with Crippen LogP contribution in [0.15, 0.2) is 21.7 Å². The summed E-state index contributed by atoms with van der Waals surface area (Å²) in [5, 5.41) is 14.8. The Morgan fingerprint density at radius 3 is 2.79 bits per heavy atom. The molecule has 148 valence electrons. The van der Waals surface area contributed by atoms with Gasteiger partial charge in [-0.15, -0.1) is 22.7 Å². The molecule has 2 aliphatic rings. The largest absolute Gasteiger partial charge is 0.325 e. The molecule has 0 aromatic carbocycles. The summed E-state index contributed by atoms with van der Waals surface area (Å²) in [7, 11) is -3.42. The number of aryl methyl sites for hydroxylation is 1. The molecule has 0 atom stereocenters.